The van der Waals surface area contributed by atoms with Gasteiger partial charge in [-0.05, 0) is 39.3 Å². The maximum atomic E-state index is 5.90. The van der Waals surface area contributed by atoms with Crippen molar-refractivity contribution in [2.75, 3.05) is 19.7 Å². The molecule has 0 amide bonds. The van der Waals surface area contributed by atoms with E-state index in [1.54, 1.807) is 0 Å². The molecule has 1 fully saturated rings. The zero-order valence-electron chi connectivity index (χ0n) is 11.8. The van der Waals surface area contributed by atoms with Gasteiger partial charge in [0.1, 0.15) is 0 Å². The highest BCUT2D eigenvalue weighted by Gasteiger charge is 2.35. The van der Waals surface area contributed by atoms with Gasteiger partial charge in [0.15, 0.2) is 0 Å². The van der Waals surface area contributed by atoms with E-state index in [4.69, 9.17) is 10.5 Å². The molecule has 4 heteroatoms. The molecule has 1 aromatic rings. The fourth-order valence-corrected chi connectivity index (χ4v) is 3.82. The van der Waals surface area contributed by atoms with Crippen LogP contribution in [-0.2, 0) is 4.74 Å². The quantitative estimate of drug-likeness (QED) is 0.915. The van der Waals surface area contributed by atoms with Crippen LogP contribution in [0.25, 0.3) is 0 Å². The molecule has 1 aromatic heterocycles. The van der Waals surface area contributed by atoms with Crippen LogP contribution >= 0.6 is 11.3 Å². The highest BCUT2D eigenvalue weighted by Crippen LogP contribution is 2.36. The van der Waals surface area contributed by atoms with Gasteiger partial charge in [0, 0.05) is 28.9 Å². The van der Waals surface area contributed by atoms with E-state index in [2.05, 4.69) is 38.7 Å². The Morgan fingerprint density at radius 2 is 2.22 bits per heavy atom. The van der Waals surface area contributed by atoms with Gasteiger partial charge < -0.3 is 10.5 Å². The number of nitrogens with two attached hydrogens (primary N) is 1. The number of hydrogen-bond acceptors (Lipinski definition) is 4. The molecule has 0 saturated carbocycles. The average molecular weight is 268 g/mol. The third-order valence-corrected chi connectivity index (χ3v) is 4.67. The van der Waals surface area contributed by atoms with E-state index in [0.29, 0.717) is 18.6 Å². The monoisotopic (exact) mass is 268 g/mol. The second-order valence-electron chi connectivity index (χ2n) is 5.29. The largest absolute Gasteiger partial charge is 0.374 e. The fourth-order valence-electron chi connectivity index (χ4n) is 2.85. The smallest absolute Gasteiger partial charge is 0.0894 e. The van der Waals surface area contributed by atoms with Gasteiger partial charge in [-0.1, -0.05) is 0 Å². The predicted octanol–water partition coefficient (Wildman–Crippen LogP) is 2.47. The fraction of sp³-hybridized carbons (Fsp3) is 0.714. The zero-order valence-corrected chi connectivity index (χ0v) is 12.6. The summed E-state index contributed by atoms with van der Waals surface area (Å²) in [6.45, 7) is 11.2. The lowest BCUT2D eigenvalue weighted by atomic mass is 9.97. The molecular weight excluding hydrogens is 244 g/mol. The molecular formula is C14H24N2OS. The third kappa shape index (κ3) is 2.62. The van der Waals surface area contributed by atoms with Gasteiger partial charge in [-0.2, -0.15) is 0 Å². The molecule has 1 saturated heterocycles. The minimum Gasteiger partial charge on any atom is -0.374 e. The summed E-state index contributed by atoms with van der Waals surface area (Å²) in [6, 6.07) is 3.14. The van der Waals surface area contributed by atoms with Crippen molar-refractivity contribution in [3.63, 3.8) is 0 Å². The van der Waals surface area contributed by atoms with Crippen LogP contribution in [0.2, 0.25) is 0 Å². The zero-order chi connectivity index (χ0) is 13.3. The van der Waals surface area contributed by atoms with E-state index in [9.17, 15) is 0 Å². The number of hydrogen-bond donors (Lipinski definition) is 1. The summed E-state index contributed by atoms with van der Waals surface area (Å²) in [5.41, 5.74) is 7.31. The van der Waals surface area contributed by atoms with Gasteiger partial charge in [-0.15, -0.1) is 11.3 Å². The molecule has 102 valence electrons. The lowest BCUT2D eigenvalue weighted by Crippen LogP contribution is -2.50. The Morgan fingerprint density at radius 3 is 2.72 bits per heavy atom. The van der Waals surface area contributed by atoms with Crippen LogP contribution in [0, 0.1) is 13.8 Å². The molecule has 0 aromatic carbocycles. The van der Waals surface area contributed by atoms with Crippen molar-refractivity contribution in [3.05, 3.63) is 21.4 Å². The number of aryl methyl sites for hydroxylation is 2. The molecule has 2 unspecified atom stereocenters. The Bertz CT molecular complexity index is 402. The van der Waals surface area contributed by atoms with E-state index < -0.39 is 0 Å². The van der Waals surface area contributed by atoms with Crippen molar-refractivity contribution in [1.29, 1.82) is 0 Å². The summed E-state index contributed by atoms with van der Waals surface area (Å²) in [7, 11) is 0. The molecule has 2 rings (SSSR count). The Kier molecular flexibility index (Phi) is 4.43. The molecule has 0 bridgehead atoms. The van der Waals surface area contributed by atoms with Crippen molar-refractivity contribution in [2.24, 2.45) is 5.73 Å². The number of rotatable bonds is 3. The molecule has 0 radical (unpaired) electrons. The molecule has 2 N–H and O–H groups in total. The third-order valence-electron chi connectivity index (χ3n) is 3.68. The van der Waals surface area contributed by atoms with Gasteiger partial charge in [0.25, 0.3) is 0 Å². The minimum atomic E-state index is 0.119. The Hall–Kier alpha value is -0.420. The van der Waals surface area contributed by atoms with Crippen LogP contribution in [0.3, 0.4) is 0 Å². The number of ether oxygens (including phenoxy) is 1. The van der Waals surface area contributed by atoms with E-state index in [1.807, 2.05) is 11.3 Å². The summed E-state index contributed by atoms with van der Waals surface area (Å²) < 4.78 is 5.88. The van der Waals surface area contributed by atoms with Crippen LogP contribution in [0.15, 0.2) is 6.07 Å². The lowest BCUT2D eigenvalue weighted by Gasteiger charge is -2.43. The molecule has 2 atom stereocenters. The average Bonchev–Trinajstić information content (AvgIpc) is 2.67. The predicted molar refractivity (Wildman–Crippen MR) is 77.2 cm³/mol. The van der Waals surface area contributed by atoms with Crippen LogP contribution < -0.4 is 5.73 Å². The maximum Gasteiger partial charge on any atom is 0.0894 e. The van der Waals surface area contributed by atoms with Gasteiger partial charge in [-0.25, -0.2) is 0 Å². The summed E-state index contributed by atoms with van der Waals surface area (Å²) in [6.07, 6.45) is 0.119. The molecule has 2 heterocycles. The van der Waals surface area contributed by atoms with Crippen molar-refractivity contribution >= 4 is 11.3 Å². The minimum absolute atomic E-state index is 0.119. The number of nitrogens with zero attached hydrogens (tertiary/aromatic N) is 1. The maximum absolute atomic E-state index is 5.90. The summed E-state index contributed by atoms with van der Waals surface area (Å²) in [5, 5.41) is 0. The number of morpholine rings is 1. The standard InChI is InChI=1S/C14H24N2OS/c1-9(2)16-5-6-17-13(8-15)14(16)12-7-10(3)18-11(12)4/h7,9,13-14H,5-6,8,15H2,1-4H3. The van der Waals surface area contributed by atoms with Gasteiger partial charge in [0.2, 0.25) is 0 Å². The highest BCUT2D eigenvalue weighted by atomic mass is 32.1. The topological polar surface area (TPSA) is 38.5 Å². The van der Waals surface area contributed by atoms with Crippen LogP contribution in [0.5, 0.6) is 0 Å². The molecule has 18 heavy (non-hydrogen) atoms. The first-order chi connectivity index (χ1) is 8.54. The first kappa shape index (κ1) is 14.0. The van der Waals surface area contributed by atoms with Crippen molar-refractivity contribution in [2.45, 2.75) is 45.9 Å². The first-order valence-corrected chi connectivity index (χ1v) is 7.50. The lowest BCUT2D eigenvalue weighted by molar-refractivity contribution is -0.0789. The Morgan fingerprint density at radius 1 is 1.50 bits per heavy atom. The molecule has 0 aliphatic carbocycles. The summed E-state index contributed by atoms with van der Waals surface area (Å²) in [5.74, 6) is 0. The van der Waals surface area contributed by atoms with E-state index in [1.165, 1.54) is 15.3 Å². The molecule has 0 spiro atoms. The van der Waals surface area contributed by atoms with Crippen molar-refractivity contribution in [3.8, 4) is 0 Å². The van der Waals surface area contributed by atoms with E-state index in [-0.39, 0.29) is 6.10 Å². The highest BCUT2D eigenvalue weighted by molar-refractivity contribution is 7.12. The second kappa shape index (κ2) is 5.70. The van der Waals surface area contributed by atoms with E-state index in [0.717, 1.165) is 13.2 Å². The Labute approximate surface area is 114 Å². The normalized spacial score (nSPS) is 25.9. The first-order valence-electron chi connectivity index (χ1n) is 6.69. The van der Waals surface area contributed by atoms with Gasteiger partial charge >= 0.3 is 0 Å². The van der Waals surface area contributed by atoms with Crippen LogP contribution in [-0.4, -0.2) is 36.7 Å². The van der Waals surface area contributed by atoms with Gasteiger partial charge in [-0.3, -0.25) is 4.90 Å². The van der Waals surface area contributed by atoms with Gasteiger partial charge in [0.05, 0.1) is 18.8 Å². The van der Waals surface area contributed by atoms with Crippen LogP contribution in [0.1, 0.15) is 35.2 Å². The molecule has 1 aliphatic rings. The summed E-state index contributed by atoms with van der Waals surface area (Å²) >= 11 is 1.87. The molecule has 3 nitrogen and oxygen atoms in total. The van der Waals surface area contributed by atoms with Crippen LogP contribution in [0.4, 0.5) is 0 Å². The Balaban J connectivity index is 2.36. The second-order valence-corrected chi connectivity index (χ2v) is 6.75. The summed E-state index contributed by atoms with van der Waals surface area (Å²) in [4.78, 5) is 5.29. The number of thiophene rings is 1. The van der Waals surface area contributed by atoms with E-state index >= 15 is 0 Å². The van der Waals surface area contributed by atoms with Crippen molar-refractivity contribution in [1.82, 2.24) is 4.90 Å². The SMILES string of the molecule is Cc1cc(C2C(CN)OCCN2C(C)C)c(C)s1. The molecule has 1 aliphatic heterocycles. The van der Waals surface area contributed by atoms with Crippen molar-refractivity contribution < 1.29 is 4.74 Å².